The summed E-state index contributed by atoms with van der Waals surface area (Å²) in [6.07, 6.45) is 0. The molecule has 2 aromatic rings. The van der Waals surface area contributed by atoms with Crippen molar-refractivity contribution in [2.75, 3.05) is 33.3 Å². The zero-order chi connectivity index (χ0) is 25.2. The van der Waals surface area contributed by atoms with Crippen LogP contribution in [0.4, 0.5) is 0 Å². The third-order valence-electron chi connectivity index (χ3n) is 6.40. The normalized spacial score (nSPS) is 18.2. The third-order valence-corrected chi connectivity index (χ3v) is 6.40. The third kappa shape index (κ3) is 4.89. The first-order valence-electron chi connectivity index (χ1n) is 11.8. The monoisotopic (exact) mass is 468 g/mol. The fraction of sp³-hybridized carbons (Fsp3) is 0.481. The highest BCUT2D eigenvalue weighted by molar-refractivity contribution is 6.46. The number of amides is 1. The molecule has 1 atom stereocenters. The minimum atomic E-state index is -0.788. The highest BCUT2D eigenvalue weighted by Gasteiger charge is 2.47. The van der Waals surface area contributed by atoms with Crippen LogP contribution in [-0.4, -0.2) is 59.9 Å². The van der Waals surface area contributed by atoms with Crippen LogP contribution in [-0.2, 0) is 15.0 Å². The standard InChI is InChI=1S/C27H36N2O5/c1-8-28(9-2)14-15-29-23(21-12-10-17(3)34-21)22(25(31)26(29)32)24(30)18-11-13-20(33-7)19(16-18)27(4,5)6/h10-13,16,23,30H,8-9,14-15H2,1-7H3/b24-22-. The van der Waals surface area contributed by atoms with Crippen LogP contribution in [0, 0.1) is 6.92 Å². The van der Waals surface area contributed by atoms with E-state index in [2.05, 4.69) is 18.7 Å². The molecule has 1 aliphatic heterocycles. The van der Waals surface area contributed by atoms with Gasteiger partial charge in [0.25, 0.3) is 11.7 Å². The minimum absolute atomic E-state index is 0.0453. The van der Waals surface area contributed by atoms with Crippen molar-refractivity contribution in [3.8, 4) is 5.75 Å². The summed E-state index contributed by atoms with van der Waals surface area (Å²) in [5.74, 6) is 0.283. The number of aliphatic hydroxyl groups excluding tert-OH is 1. The van der Waals surface area contributed by atoms with Crippen molar-refractivity contribution < 1.29 is 23.8 Å². The van der Waals surface area contributed by atoms with Crippen molar-refractivity contribution in [3.63, 3.8) is 0 Å². The number of aryl methyl sites for hydroxylation is 1. The fourth-order valence-electron chi connectivity index (χ4n) is 4.39. The summed E-state index contributed by atoms with van der Waals surface area (Å²) in [4.78, 5) is 30.0. The van der Waals surface area contributed by atoms with Crippen molar-refractivity contribution in [1.82, 2.24) is 9.80 Å². The summed E-state index contributed by atoms with van der Waals surface area (Å²) < 4.78 is 11.4. The van der Waals surface area contributed by atoms with E-state index in [0.717, 1.165) is 18.7 Å². The van der Waals surface area contributed by atoms with E-state index in [9.17, 15) is 14.7 Å². The zero-order valence-electron chi connectivity index (χ0n) is 21.3. The Morgan fingerprint density at radius 1 is 1.15 bits per heavy atom. The average molecular weight is 469 g/mol. The Morgan fingerprint density at radius 2 is 1.82 bits per heavy atom. The topological polar surface area (TPSA) is 83.2 Å². The van der Waals surface area contributed by atoms with Crippen molar-refractivity contribution >= 4 is 17.4 Å². The van der Waals surface area contributed by atoms with E-state index in [1.165, 1.54) is 4.90 Å². The van der Waals surface area contributed by atoms with Crippen LogP contribution in [0.1, 0.15) is 63.3 Å². The molecular formula is C27H36N2O5. The quantitative estimate of drug-likeness (QED) is 0.345. The lowest BCUT2D eigenvalue weighted by Gasteiger charge is -2.27. The zero-order valence-corrected chi connectivity index (χ0v) is 21.3. The second-order valence-corrected chi connectivity index (χ2v) is 9.63. The van der Waals surface area contributed by atoms with Crippen LogP contribution in [0.3, 0.4) is 0 Å². The van der Waals surface area contributed by atoms with E-state index in [4.69, 9.17) is 9.15 Å². The number of ether oxygens (including phenoxy) is 1. The summed E-state index contributed by atoms with van der Waals surface area (Å²) in [5, 5.41) is 11.4. The Morgan fingerprint density at radius 3 is 2.35 bits per heavy atom. The highest BCUT2D eigenvalue weighted by Crippen LogP contribution is 2.41. The Hall–Kier alpha value is -3.06. The number of benzene rings is 1. The van der Waals surface area contributed by atoms with Crippen LogP contribution in [0.15, 0.2) is 40.3 Å². The van der Waals surface area contributed by atoms with E-state index in [0.29, 0.717) is 35.9 Å². The number of hydrogen-bond donors (Lipinski definition) is 1. The Bertz CT molecular complexity index is 1090. The Kier molecular flexibility index (Phi) is 7.56. The van der Waals surface area contributed by atoms with Crippen molar-refractivity contribution in [1.29, 1.82) is 0 Å². The molecular weight excluding hydrogens is 432 g/mol. The molecule has 34 heavy (non-hydrogen) atoms. The molecule has 1 fully saturated rings. The van der Waals surface area contributed by atoms with Gasteiger partial charge in [-0.3, -0.25) is 9.59 Å². The van der Waals surface area contributed by atoms with Crippen LogP contribution >= 0.6 is 0 Å². The molecule has 0 radical (unpaired) electrons. The number of methoxy groups -OCH3 is 1. The Labute approximate surface area is 202 Å². The molecule has 3 rings (SSSR count). The first-order chi connectivity index (χ1) is 16.0. The second kappa shape index (κ2) is 10.1. The van der Waals surface area contributed by atoms with Crippen molar-refractivity contribution in [2.24, 2.45) is 0 Å². The SMILES string of the molecule is CCN(CC)CCN1C(=O)C(=O)/C(=C(\O)c2ccc(OC)c(C(C)(C)C)c2)C1c1ccc(C)o1. The van der Waals surface area contributed by atoms with Gasteiger partial charge in [-0.2, -0.15) is 0 Å². The van der Waals surface area contributed by atoms with Gasteiger partial charge in [0.15, 0.2) is 0 Å². The maximum atomic E-state index is 13.2. The van der Waals surface area contributed by atoms with E-state index in [1.54, 1.807) is 31.4 Å². The molecule has 0 aliphatic carbocycles. The largest absolute Gasteiger partial charge is 0.507 e. The molecule has 1 aromatic heterocycles. The Balaban J connectivity index is 2.14. The lowest BCUT2D eigenvalue weighted by molar-refractivity contribution is -0.140. The number of furan rings is 1. The van der Waals surface area contributed by atoms with Crippen molar-refractivity contribution in [2.45, 2.75) is 53.0 Å². The predicted octanol–water partition coefficient (Wildman–Crippen LogP) is 4.66. The van der Waals surface area contributed by atoms with Crippen LogP contribution in [0.5, 0.6) is 5.75 Å². The summed E-state index contributed by atoms with van der Waals surface area (Å²) in [5.41, 5.74) is 1.14. The number of carbonyl (C=O) groups is 2. The first kappa shape index (κ1) is 25.6. The van der Waals surface area contributed by atoms with Crippen LogP contribution < -0.4 is 4.74 Å². The van der Waals surface area contributed by atoms with E-state index in [-0.39, 0.29) is 16.7 Å². The van der Waals surface area contributed by atoms with Gasteiger partial charge in [-0.15, -0.1) is 0 Å². The number of nitrogens with zero attached hydrogens (tertiary/aromatic N) is 2. The first-order valence-corrected chi connectivity index (χ1v) is 11.8. The highest BCUT2D eigenvalue weighted by atomic mass is 16.5. The molecule has 1 N–H and O–H groups in total. The molecule has 7 heteroatoms. The molecule has 1 aromatic carbocycles. The molecule has 2 heterocycles. The number of rotatable bonds is 8. The molecule has 0 spiro atoms. The fourth-order valence-corrected chi connectivity index (χ4v) is 4.39. The number of ketones is 1. The average Bonchev–Trinajstić information content (AvgIpc) is 3.34. The molecule has 184 valence electrons. The minimum Gasteiger partial charge on any atom is -0.507 e. The lowest BCUT2D eigenvalue weighted by Crippen LogP contribution is -2.37. The summed E-state index contributed by atoms with van der Waals surface area (Å²) in [7, 11) is 1.60. The summed E-state index contributed by atoms with van der Waals surface area (Å²) in [6, 6.07) is 8.07. The van der Waals surface area contributed by atoms with E-state index < -0.39 is 17.7 Å². The van der Waals surface area contributed by atoms with Gasteiger partial charge >= 0.3 is 0 Å². The number of likely N-dealkylation sites (N-methyl/N-ethyl adjacent to an activating group) is 1. The lowest BCUT2D eigenvalue weighted by atomic mass is 9.84. The maximum absolute atomic E-state index is 13.2. The number of likely N-dealkylation sites (tertiary alicyclic amines) is 1. The predicted molar refractivity (Wildman–Crippen MR) is 132 cm³/mol. The van der Waals surface area contributed by atoms with Gasteiger partial charge in [-0.05, 0) is 55.8 Å². The summed E-state index contributed by atoms with van der Waals surface area (Å²) in [6.45, 7) is 14.7. The second-order valence-electron chi connectivity index (χ2n) is 9.63. The molecule has 1 unspecified atom stereocenters. The number of aliphatic hydroxyl groups is 1. The molecule has 0 bridgehead atoms. The van der Waals surface area contributed by atoms with Gasteiger partial charge in [0, 0.05) is 24.2 Å². The molecule has 1 saturated heterocycles. The molecule has 0 saturated carbocycles. The van der Waals surface area contributed by atoms with Crippen LogP contribution in [0.25, 0.3) is 5.76 Å². The van der Waals surface area contributed by atoms with Gasteiger partial charge in [0.2, 0.25) is 0 Å². The molecule has 1 amide bonds. The van der Waals surface area contributed by atoms with Gasteiger partial charge in [0.1, 0.15) is 29.1 Å². The van der Waals surface area contributed by atoms with E-state index >= 15 is 0 Å². The summed E-state index contributed by atoms with van der Waals surface area (Å²) >= 11 is 0. The molecule has 1 aliphatic rings. The number of carbonyl (C=O) groups excluding carboxylic acids is 2. The number of Topliss-reactive ketones (excluding diaryl/α,β-unsaturated/α-hetero) is 1. The molecule has 7 nitrogen and oxygen atoms in total. The van der Waals surface area contributed by atoms with Gasteiger partial charge in [0.05, 0.1) is 12.7 Å². The van der Waals surface area contributed by atoms with Gasteiger partial charge in [-0.1, -0.05) is 34.6 Å². The number of hydrogen-bond acceptors (Lipinski definition) is 6. The smallest absolute Gasteiger partial charge is 0.295 e. The van der Waals surface area contributed by atoms with E-state index in [1.807, 2.05) is 33.8 Å². The van der Waals surface area contributed by atoms with Gasteiger partial charge in [-0.25, -0.2) is 0 Å². The van der Waals surface area contributed by atoms with Crippen LogP contribution in [0.2, 0.25) is 0 Å². The van der Waals surface area contributed by atoms with Gasteiger partial charge < -0.3 is 24.1 Å². The maximum Gasteiger partial charge on any atom is 0.295 e. The van der Waals surface area contributed by atoms with Crippen molar-refractivity contribution in [3.05, 3.63) is 58.6 Å².